The molecule has 0 aromatic carbocycles. The second kappa shape index (κ2) is 6.44. The molecule has 0 aromatic rings. The van der Waals surface area contributed by atoms with Crippen LogP contribution in [0.25, 0.3) is 0 Å². The van der Waals surface area contributed by atoms with Crippen LogP contribution in [0.3, 0.4) is 0 Å². The molecular weight excluding hydrogens is 236 g/mol. The summed E-state index contributed by atoms with van der Waals surface area (Å²) in [6, 6.07) is -1.42. The Morgan fingerprint density at radius 1 is 1.44 bits per heavy atom. The molecular formula is C8H16N2O5S. The quantitative estimate of drug-likeness (QED) is 0.419. The molecule has 16 heavy (non-hydrogen) atoms. The van der Waals surface area contributed by atoms with Crippen LogP contribution in [0.2, 0.25) is 0 Å². The molecule has 1 atom stereocenters. The smallest absolute Gasteiger partial charge is 0.332 e. The van der Waals surface area contributed by atoms with Crippen LogP contribution in [0.15, 0.2) is 0 Å². The molecule has 0 aromatic heterocycles. The van der Waals surface area contributed by atoms with Gasteiger partial charge in [0.2, 0.25) is 5.91 Å². The first-order valence-electron chi connectivity index (χ1n) is 4.65. The van der Waals surface area contributed by atoms with Crippen LogP contribution in [0.4, 0.5) is 0 Å². The third-order valence-electron chi connectivity index (χ3n) is 1.60. The predicted octanol–water partition coefficient (Wildman–Crippen LogP) is -1.96. The highest BCUT2D eigenvalue weighted by atomic mass is 32.2. The number of esters is 1. The van der Waals surface area contributed by atoms with Crippen molar-refractivity contribution >= 4 is 21.7 Å². The maximum atomic E-state index is 11.2. The lowest BCUT2D eigenvalue weighted by Gasteiger charge is -2.10. The minimum atomic E-state index is -3.15. The van der Waals surface area contributed by atoms with Gasteiger partial charge in [0.25, 0.3) is 0 Å². The number of carbonyl (C=O) groups is 2. The Kier molecular flexibility index (Phi) is 5.97. The molecule has 3 N–H and O–H groups in total. The van der Waals surface area contributed by atoms with E-state index in [4.69, 9.17) is 5.73 Å². The van der Waals surface area contributed by atoms with Crippen LogP contribution in [-0.4, -0.2) is 51.5 Å². The maximum absolute atomic E-state index is 11.2. The highest BCUT2D eigenvalue weighted by molar-refractivity contribution is 7.90. The van der Waals surface area contributed by atoms with Crippen LogP contribution in [0, 0.1) is 0 Å². The lowest BCUT2D eigenvalue weighted by molar-refractivity contribution is -0.147. The van der Waals surface area contributed by atoms with Crippen LogP contribution in [-0.2, 0) is 24.2 Å². The Bertz CT molecular complexity index is 351. The van der Waals surface area contributed by atoms with E-state index in [-0.39, 0.29) is 18.9 Å². The molecule has 1 unspecified atom stereocenters. The van der Waals surface area contributed by atoms with Gasteiger partial charge in [-0.3, -0.25) is 4.79 Å². The molecule has 0 heterocycles. The summed E-state index contributed by atoms with van der Waals surface area (Å²) in [4.78, 5) is 22.2. The molecule has 94 valence electrons. The second-order valence-corrected chi connectivity index (χ2v) is 5.41. The van der Waals surface area contributed by atoms with Gasteiger partial charge in [-0.05, 0) is 6.92 Å². The standard InChI is InChI=1S/C8H16N2O5S/c1-3-15-8(12)6(9)7(11)10-4-5-16(2,13)14/h6H,3-5,9H2,1-2H3,(H,10,11). The van der Waals surface area contributed by atoms with Crippen molar-refractivity contribution in [1.29, 1.82) is 0 Å². The Morgan fingerprint density at radius 3 is 2.44 bits per heavy atom. The molecule has 0 fully saturated rings. The van der Waals surface area contributed by atoms with E-state index in [2.05, 4.69) is 10.1 Å². The molecule has 0 bridgehead atoms. The summed E-state index contributed by atoms with van der Waals surface area (Å²) in [6.07, 6.45) is 1.05. The maximum Gasteiger partial charge on any atom is 0.332 e. The van der Waals surface area contributed by atoms with Crippen LogP contribution < -0.4 is 11.1 Å². The molecule has 1 amide bonds. The van der Waals surface area contributed by atoms with E-state index in [0.717, 1.165) is 6.26 Å². The van der Waals surface area contributed by atoms with Crippen LogP contribution >= 0.6 is 0 Å². The van der Waals surface area contributed by atoms with Gasteiger partial charge in [0, 0.05) is 12.8 Å². The van der Waals surface area contributed by atoms with Gasteiger partial charge in [-0.15, -0.1) is 0 Å². The fourth-order valence-corrected chi connectivity index (χ4v) is 1.28. The molecule has 0 saturated carbocycles. The number of carbonyl (C=O) groups excluding carboxylic acids is 2. The zero-order valence-corrected chi connectivity index (χ0v) is 10.0. The van der Waals surface area contributed by atoms with Crippen LogP contribution in [0.1, 0.15) is 6.92 Å². The summed E-state index contributed by atoms with van der Waals surface area (Å²) in [5, 5.41) is 2.23. The molecule has 0 aliphatic carbocycles. The second-order valence-electron chi connectivity index (χ2n) is 3.15. The van der Waals surface area contributed by atoms with E-state index in [1.807, 2.05) is 0 Å². The van der Waals surface area contributed by atoms with Crippen molar-refractivity contribution in [3.63, 3.8) is 0 Å². The topological polar surface area (TPSA) is 116 Å². The minimum Gasteiger partial charge on any atom is -0.464 e. The SMILES string of the molecule is CCOC(=O)C(N)C(=O)NCCS(C)(=O)=O. The normalized spacial score (nSPS) is 12.9. The van der Waals surface area contributed by atoms with Gasteiger partial charge < -0.3 is 15.8 Å². The summed E-state index contributed by atoms with van der Waals surface area (Å²) in [5.74, 6) is -1.78. The third kappa shape index (κ3) is 6.36. The molecule has 0 aliphatic heterocycles. The average molecular weight is 252 g/mol. The van der Waals surface area contributed by atoms with Crippen LogP contribution in [0.5, 0.6) is 0 Å². The zero-order chi connectivity index (χ0) is 12.8. The van der Waals surface area contributed by atoms with E-state index < -0.39 is 27.8 Å². The number of ether oxygens (including phenoxy) is 1. The van der Waals surface area contributed by atoms with Gasteiger partial charge in [0.1, 0.15) is 9.84 Å². The summed E-state index contributed by atoms with van der Waals surface area (Å²) in [7, 11) is -3.15. The first-order valence-corrected chi connectivity index (χ1v) is 6.71. The summed E-state index contributed by atoms with van der Waals surface area (Å²) in [5.41, 5.74) is 5.26. The average Bonchev–Trinajstić information content (AvgIpc) is 2.14. The summed E-state index contributed by atoms with van der Waals surface area (Å²) >= 11 is 0. The van der Waals surface area contributed by atoms with E-state index in [0.29, 0.717) is 0 Å². The van der Waals surface area contributed by atoms with E-state index in [9.17, 15) is 18.0 Å². The highest BCUT2D eigenvalue weighted by Gasteiger charge is 2.22. The van der Waals surface area contributed by atoms with Gasteiger partial charge >= 0.3 is 5.97 Å². The van der Waals surface area contributed by atoms with Crippen molar-refractivity contribution in [3.8, 4) is 0 Å². The first-order chi connectivity index (χ1) is 7.28. The van der Waals surface area contributed by atoms with Crippen molar-refractivity contribution < 1.29 is 22.7 Å². The minimum absolute atomic E-state index is 0.0786. The van der Waals surface area contributed by atoms with Gasteiger partial charge in [-0.25, -0.2) is 13.2 Å². The lowest BCUT2D eigenvalue weighted by atomic mass is 10.3. The van der Waals surface area contributed by atoms with Crippen molar-refractivity contribution in [2.24, 2.45) is 5.73 Å². The first kappa shape index (κ1) is 14.8. The van der Waals surface area contributed by atoms with Crippen molar-refractivity contribution in [1.82, 2.24) is 5.32 Å². The van der Waals surface area contributed by atoms with Crippen molar-refractivity contribution in [3.05, 3.63) is 0 Å². The van der Waals surface area contributed by atoms with E-state index in [1.165, 1.54) is 0 Å². The summed E-state index contributed by atoms with van der Waals surface area (Å²) < 4.78 is 26.0. The number of hydrogen-bond donors (Lipinski definition) is 2. The molecule has 0 spiro atoms. The molecule has 8 heteroatoms. The van der Waals surface area contributed by atoms with E-state index in [1.54, 1.807) is 6.92 Å². The molecule has 0 saturated heterocycles. The van der Waals surface area contributed by atoms with Gasteiger partial charge in [-0.1, -0.05) is 0 Å². The Labute approximate surface area is 94.2 Å². The molecule has 7 nitrogen and oxygen atoms in total. The Morgan fingerprint density at radius 2 is 2.00 bits per heavy atom. The monoisotopic (exact) mass is 252 g/mol. The van der Waals surface area contributed by atoms with E-state index >= 15 is 0 Å². The van der Waals surface area contributed by atoms with Gasteiger partial charge in [0.15, 0.2) is 6.04 Å². The largest absolute Gasteiger partial charge is 0.464 e. The number of nitrogens with two attached hydrogens (primary N) is 1. The fourth-order valence-electron chi connectivity index (χ4n) is 0.809. The summed E-state index contributed by atoms with van der Waals surface area (Å²) in [6.45, 7) is 1.64. The Balaban J connectivity index is 4.02. The molecule has 0 rings (SSSR count). The number of hydrogen-bond acceptors (Lipinski definition) is 6. The predicted molar refractivity (Wildman–Crippen MR) is 57.3 cm³/mol. The van der Waals surface area contributed by atoms with Gasteiger partial charge in [-0.2, -0.15) is 0 Å². The molecule has 0 radical (unpaired) electrons. The molecule has 0 aliphatic rings. The highest BCUT2D eigenvalue weighted by Crippen LogP contribution is 1.87. The van der Waals surface area contributed by atoms with Crippen molar-refractivity contribution in [2.75, 3.05) is 25.2 Å². The zero-order valence-electron chi connectivity index (χ0n) is 9.23. The van der Waals surface area contributed by atoms with Crippen molar-refractivity contribution in [2.45, 2.75) is 13.0 Å². The third-order valence-corrected chi connectivity index (χ3v) is 2.54. The lowest BCUT2D eigenvalue weighted by Crippen LogP contribution is -2.47. The number of rotatable bonds is 6. The number of nitrogens with one attached hydrogen (secondary N) is 1. The fraction of sp³-hybridized carbons (Fsp3) is 0.750. The number of amides is 1. The number of sulfone groups is 1. The van der Waals surface area contributed by atoms with Gasteiger partial charge in [0.05, 0.1) is 12.4 Å². The Hall–Kier alpha value is -1.15.